The topological polar surface area (TPSA) is 107 Å². The van der Waals surface area contributed by atoms with Crippen molar-refractivity contribution in [1.29, 1.82) is 0 Å². The Balaban J connectivity index is -0.000000112. The summed E-state index contributed by atoms with van der Waals surface area (Å²) in [6, 6.07) is 0. The summed E-state index contributed by atoms with van der Waals surface area (Å²) in [7, 11) is 8.71. The molecule has 0 spiro atoms. The lowest BCUT2D eigenvalue weighted by molar-refractivity contribution is -0.132. The van der Waals surface area contributed by atoms with Crippen LogP contribution in [0.5, 0.6) is 0 Å². The van der Waals surface area contributed by atoms with Crippen LogP contribution in [-0.4, -0.2) is 83.2 Å². The average molecular weight is 359 g/mol. The number of unbranched alkanes of at least 4 members (excludes halogenated alkanes) is 1. The van der Waals surface area contributed by atoms with Crippen LogP contribution in [0.25, 0.3) is 0 Å². The van der Waals surface area contributed by atoms with E-state index in [0.717, 1.165) is 20.0 Å². The first-order chi connectivity index (χ1) is 10.2. The summed E-state index contributed by atoms with van der Waals surface area (Å²) in [4.78, 5) is 14.1. The summed E-state index contributed by atoms with van der Waals surface area (Å²) in [6.45, 7) is 5.42. The second-order valence-corrected chi connectivity index (χ2v) is 6.48. The number of carboxylic acid groups (broad SMARTS) is 1. The van der Waals surface area contributed by atoms with Gasteiger partial charge in [0, 0.05) is 5.57 Å². The molecule has 0 aliphatic heterocycles. The monoisotopic (exact) mass is 358 g/mol. The van der Waals surface area contributed by atoms with Gasteiger partial charge in [0.15, 0.2) is 0 Å². The van der Waals surface area contributed by atoms with Crippen molar-refractivity contribution in [3.8, 4) is 0 Å². The fraction of sp³-hybridized carbons (Fsp3) is 0.786. The maximum Gasteiger partial charge on any atom is 0.397 e. The largest absolute Gasteiger partial charge is 0.478 e. The van der Waals surface area contributed by atoms with Gasteiger partial charge in [-0.1, -0.05) is 19.9 Å². The Hall–Kier alpha value is -1.00. The minimum Gasteiger partial charge on any atom is -0.478 e. The van der Waals surface area contributed by atoms with E-state index >= 15 is 0 Å². The van der Waals surface area contributed by atoms with Gasteiger partial charge in [0.05, 0.1) is 7.11 Å². The van der Waals surface area contributed by atoms with Gasteiger partial charge in [-0.2, -0.15) is 8.42 Å². The van der Waals surface area contributed by atoms with Crippen LogP contribution in [0.4, 0.5) is 0 Å². The van der Waals surface area contributed by atoms with E-state index in [4.69, 9.17) is 9.66 Å². The van der Waals surface area contributed by atoms with Gasteiger partial charge < -0.3 is 14.9 Å². The lowest BCUT2D eigenvalue weighted by Gasteiger charge is -1.95. The molecule has 142 valence electrons. The Labute approximate surface area is 141 Å². The van der Waals surface area contributed by atoms with Gasteiger partial charge in [0.25, 0.3) is 0 Å². The quantitative estimate of drug-likeness (QED) is 0.564. The molecule has 2 N–H and O–H groups in total. The van der Waals surface area contributed by atoms with Crippen molar-refractivity contribution in [1.82, 2.24) is 9.80 Å². The average Bonchev–Trinajstić information content (AvgIpc) is 2.34. The molecule has 23 heavy (non-hydrogen) atoms. The summed E-state index contributed by atoms with van der Waals surface area (Å²) >= 11 is 0. The number of hydrogen-bond acceptors (Lipinski definition) is 6. The fourth-order valence-electron chi connectivity index (χ4n) is 0.497. The highest BCUT2D eigenvalue weighted by Crippen LogP contribution is 2.03. The van der Waals surface area contributed by atoms with Crippen LogP contribution in [0, 0.1) is 0 Å². The minimum absolute atomic E-state index is 0.317. The summed E-state index contributed by atoms with van der Waals surface area (Å²) in [6.07, 6.45) is 2.56. The normalized spacial score (nSPS) is 9.70. The number of carbonyl (C=O) groups is 1. The molecule has 0 saturated carbocycles. The lowest BCUT2D eigenvalue weighted by Crippen LogP contribution is -1.99. The van der Waals surface area contributed by atoms with Crippen molar-refractivity contribution in [2.75, 3.05) is 49.4 Å². The maximum absolute atomic E-state index is 10.1. The van der Waals surface area contributed by atoms with Crippen molar-refractivity contribution in [3.05, 3.63) is 12.2 Å². The van der Waals surface area contributed by atoms with Crippen molar-refractivity contribution in [2.45, 2.75) is 26.2 Å². The van der Waals surface area contributed by atoms with Crippen LogP contribution < -0.4 is 0 Å². The van der Waals surface area contributed by atoms with Crippen LogP contribution >= 0.6 is 0 Å². The van der Waals surface area contributed by atoms with E-state index in [9.17, 15) is 13.2 Å². The van der Waals surface area contributed by atoms with Crippen molar-refractivity contribution in [3.63, 3.8) is 0 Å². The predicted molar refractivity (Wildman–Crippen MR) is 94.1 cm³/mol. The second-order valence-electron chi connectivity index (χ2n) is 5.29. The van der Waals surface area contributed by atoms with E-state index in [1.165, 1.54) is 0 Å². The van der Waals surface area contributed by atoms with Crippen LogP contribution in [0.2, 0.25) is 0 Å². The zero-order valence-corrected chi connectivity index (χ0v) is 16.5. The van der Waals surface area contributed by atoms with E-state index in [-0.39, 0.29) is 0 Å². The van der Waals surface area contributed by atoms with Crippen molar-refractivity contribution in [2.24, 2.45) is 0 Å². The highest BCUT2D eigenvalue weighted by atomic mass is 32.3. The van der Waals surface area contributed by atoms with Gasteiger partial charge in [0.2, 0.25) is 0 Å². The van der Waals surface area contributed by atoms with Gasteiger partial charge in [-0.05, 0) is 55.1 Å². The molecule has 0 unspecified atom stereocenters. The first-order valence-electron chi connectivity index (χ1n) is 6.87. The van der Waals surface area contributed by atoms with Crippen LogP contribution in [0.1, 0.15) is 26.2 Å². The molecule has 0 aromatic carbocycles. The Morgan fingerprint density at radius 3 is 1.48 bits per heavy atom. The van der Waals surface area contributed by atoms with Crippen molar-refractivity contribution < 1.29 is 27.1 Å². The molecule has 0 atom stereocenters. The molecule has 0 radical (unpaired) electrons. The van der Waals surface area contributed by atoms with Gasteiger partial charge in [-0.3, -0.25) is 8.74 Å². The number of aliphatic carboxylic acids is 1. The molecule has 9 heteroatoms. The molecule has 0 aliphatic carbocycles. The smallest absolute Gasteiger partial charge is 0.397 e. The van der Waals surface area contributed by atoms with Gasteiger partial charge in [-0.15, -0.1) is 0 Å². The van der Waals surface area contributed by atoms with E-state index in [0.29, 0.717) is 12.0 Å². The highest BCUT2D eigenvalue weighted by molar-refractivity contribution is 7.80. The summed E-state index contributed by atoms with van der Waals surface area (Å²) < 4.78 is 29.7. The molecule has 0 aliphatic rings. The summed E-state index contributed by atoms with van der Waals surface area (Å²) in [5, 5.41) is 8.31. The number of nitrogens with zero attached hydrogens (tertiary/aromatic N) is 2. The molecule has 0 amide bonds. The summed E-state index contributed by atoms with van der Waals surface area (Å²) in [5.41, 5.74) is 0.317. The molecule has 0 fully saturated rings. The molecule has 0 aromatic rings. The molecular weight excluding hydrogens is 324 g/mol. The van der Waals surface area contributed by atoms with Gasteiger partial charge >= 0.3 is 16.4 Å². The number of carboxylic acids is 1. The van der Waals surface area contributed by atoms with E-state index < -0.39 is 16.4 Å². The zero-order valence-electron chi connectivity index (χ0n) is 15.7. The number of rotatable bonds is 5. The van der Waals surface area contributed by atoms with Gasteiger partial charge in [-0.25, -0.2) is 4.79 Å². The predicted octanol–water partition coefficient (Wildman–Crippen LogP) is 1.61. The van der Waals surface area contributed by atoms with E-state index in [1.807, 2.05) is 59.0 Å². The second kappa shape index (κ2) is 19.0. The Kier molecular flexibility index (Phi) is 24.8. The Bertz CT molecular complexity index is 369. The lowest BCUT2D eigenvalue weighted by atomic mass is 10.1. The highest BCUT2D eigenvalue weighted by Gasteiger charge is 2.00. The third-order valence-electron chi connectivity index (χ3n) is 1.35. The fourth-order valence-corrected chi connectivity index (χ4v) is 0.497. The zero-order chi connectivity index (χ0) is 19.6. The van der Waals surface area contributed by atoms with Gasteiger partial charge in [0.1, 0.15) is 0 Å². The molecule has 0 rings (SSSR count). The third-order valence-corrected chi connectivity index (χ3v) is 1.77. The van der Waals surface area contributed by atoms with Crippen LogP contribution in [0.3, 0.4) is 0 Å². The van der Waals surface area contributed by atoms with E-state index in [1.54, 1.807) is 0 Å². The van der Waals surface area contributed by atoms with Crippen LogP contribution in [-0.2, 0) is 19.4 Å². The van der Waals surface area contributed by atoms with Crippen molar-refractivity contribution >= 4 is 16.4 Å². The molecule has 0 heterocycles. The maximum atomic E-state index is 10.1. The minimum atomic E-state index is -4.16. The molecule has 0 saturated heterocycles. The SMILES string of the molecule is C=C(CCCC)C(=O)O.CN(C)C.CN(C)C.COS(=O)(=O)O. The Morgan fingerprint density at radius 1 is 1.09 bits per heavy atom. The molecule has 0 bridgehead atoms. The Morgan fingerprint density at radius 2 is 1.35 bits per heavy atom. The molecule has 8 nitrogen and oxygen atoms in total. The van der Waals surface area contributed by atoms with E-state index in [2.05, 4.69) is 10.8 Å². The first-order valence-corrected chi connectivity index (χ1v) is 8.23. The van der Waals surface area contributed by atoms with Crippen LogP contribution in [0.15, 0.2) is 12.2 Å². The molecule has 0 aromatic heterocycles. The number of hydrogen-bond donors (Lipinski definition) is 2. The molecular formula is C14H34N2O6S. The first kappa shape index (κ1) is 29.9. The standard InChI is InChI=1S/C7H12O2.2C3H9N.CH4O4S/c1-3-4-5-6(2)7(8)9;2*1-4(2)3;1-5-6(2,3)4/h2-5H2,1H3,(H,8,9);2*1-3H3;1H3,(H,2,3,4). The summed E-state index contributed by atoms with van der Waals surface area (Å²) in [5.74, 6) is -0.872. The third kappa shape index (κ3) is 75.8.